The van der Waals surface area contributed by atoms with Gasteiger partial charge in [0.2, 0.25) is 5.91 Å². The maximum absolute atomic E-state index is 14.0. The van der Waals surface area contributed by atoms with Gasteiger partial charge in [0.05, 0.1) is 16.6 Å². The lowest BCUT2D eigenvalue weighted by Gasteiger charge is -2.40. The van der Waals surface area contributed by atoms with Crippen molar-refractivity contribution in [3.05, 3.63) is 94.5 Å². The van der Waals surface area contributed by atoms with E-state index in [0.29, 0.717) is 17.1 Å². The maximum Gasteiger partial charge on any atom is 0.253 e. The Morgan fingerprint density at radius 2 is 1.49 bits per heavy atom. The molecule has 3 atom stereocenters. The zero-order chi connectivity index (χ0) is 27.6. The van der Waals surface area contributed by atoms with Crippen LogP contribution in [0.5, 0.6) is 0 Å². The van der Waals surface area contributed by atoms with Gasteiger partial charge in [0, 0.05) is 24.3 Å². The predicted octanol–water partition coefficient (Wildman–Crippen LogP) is 5.29. The van der Waals surface area contributed by atoms with Crippen LogP contribution in [0.3, 0.4) is 0 Å². The van der Waals surface area contributed by atoms with Crippen molar-refractivity contribution >= 4 is 51.1 Å². The van der Waals surface area contributed by atoms with Gasteiger partial charge in [-0.3, -0.25) is 14.5 Å². The van der Waals surface area contributed by atoms with E-state index in [1.54, 1.807) is 12.1 Å². The average Bonchev–Trinajstić information content (AvgIpc) is 3.18. The number of carbonyl (C=O) groups excluding carboxylic acids is 2. The molecule has 2 amide bonds. The van der Waals surface area contributed by atoms with Crippen LogP contribution in [0.4, 0.5) is 0 Å². The molecule has 0 bridgehead atoms. The van der Waals surface area contributed by atoms with Crippen LogP contribution in [-0.2, 0) is 10.2 Å². The van der Waals surface area contributed by atoms with E-state index < -0.39 is 5.41 Å². The molecule has 5 nitrogen and oxygen atoms in total. The molecule has 9 heteroatoms. The highest BCUT2D eigenvalue weighted by Gasteiger charge is 2.48. The van der Waals surface area contributed by atoms with E-state index in [1.165, 1.54) is 0 Å². The fourth-order valence-corrected chi connectivity index (χ4v) is 6.34. The molecule has 1 saturated heterocycles. The first kappa shape index (κ1) is 28.7. The summed E-state index contributed by atoms with van der Waals surface area (Å²) < 4.78 is -0.246. The fraction of sp³-hybridized carbons (Fsp3) is 0.333. The molecule has 1 fully saturated rings. The SMILES string of the molecule is O=C(NC1CN(CCCCC2(C(=O)NCC(P)(P)P)c3ccccc3-c3ccccc32)C1)c1ccccc1Cl. The number of amides is 2. The number of hydrogen-bond acceptors (Lipinski definition) is 3. The Bertz CT molecular complexity index is 1330. The van der Waals surface area contributed by atoms with E-state index in [9.17, 15) is 9.59 Å². The van der Waals surface area contributed by atoms with Gasteiger partial charge in [-0.1, -0.05) is 78.7 Å². The summed E-state index contributed by atoms with van der Waals surface area (Å²) >= 11 is 6.17. The Balaban J connectivity index is 1.22. The molecule has 0 saturated carbocycles. The number of nitrogens with one attached hydrogen (secondary N) is 2. The maximum atomic E-state index is 14.0. The van der Waals surface area contributed by atoms with E-state index in [1.807, 2.05) is 36.4 Å². The zero-order valence-electron chi connectivity index (χ0n) is 21.8. The Kier molecular flexibility index (Phi) is 8.77. The first-order valence-corrected chi connectivity index (χ1v) is 15.4. The Morgan fingerprint density at radius 3 is 2.10 bits per heavy atom. The standard InChI is InChI=1S/C30H35ClN3O2P3/c31-26-14-6-3-11-23(26)27(35)33-20-17-34(18-20)16-8-7-15-29(28(36)32-19-30(37,38)39)24-12-4-1-9-21(24)22-10-2-5-13-25(22)29/h1-6,9-14,20H,7-8,15-19,37-39H2,(H,32,36)(H,33,35). The van der Waals surface area contributed by atoms with Gasteiger partial charge in [-0.05, 0) is 53.8 Å². The van der Waals surface area contributed by atoms with E-state index in [2.05, 4.69) is 67.5 Å². The summed E-state index contributed by atoms with van der Waals surface area (Å²) in [7, 11) is 8.25. The van der Waals surface area contributed by atoms with Gasteiger partial charge in [-0.15, -0.1) is 27.7 Å². The quantitative estimate of drug-likeness (QED) is 0.247. The summed E-state index contributed by atoms with van der Waals surface area (Å²) in [6.45, 7) is 3.11. The molecule has 1 aliphatic heterocycles. The molecule has 3 unspecified atom stereocenters. The Morgan fingerprint density at radius 1 is 0.897 bits per heavy atom. The number of hydrogen-bond donors (Lipinski definition) is 2. The number of rotatable bonds is 10. The van der Waals surface area contributed by atoms with Crippen molar-refractivity contribution in [1.82, 2.24) is 15.5 Å². The summed E-state index contributed by atoms with van der Waals surface area (Å²) in [4.78, 5) is 28.9. The smallest absolute Gasteiger partial charge is 0.253 e. The van der Waals surface area contributed by atoms with Crippen molar-refractivity contribution in [3.8, 4) is 11.1 Å². The van der Waals surface area contributed by atoms with Crippen LogP contribution in [0, 0.1) is 0 Å². The number of likely N-dealkylation sites (tertiary alicyclic amines) is 1. The van der Waals surface area contributed by atoms with E-state index in [0.717, 1.165) is 61.2 Å². The highest BCUT2D eigenvalue weighted by molar-refractivity contribution is 7.57. The monoisotopic (exact) mass is 597 g/mol. The number of carbonyl (C=O) groups is 2. The van der Waals surface area contributed by atoms with Crippen molar-refractivity contribution < 1.29 is 9.59 Å². The Hall–Kier alpha value is -1.86. The van der Waals surface area contributed by atoms with Crippen LogP contribution >= 0.6 is 39.3 Å². The van der Waals surface area contributed by atoms with Gasteiger partial charge in [0.25, 0.3) is 5.91 Å². The second-order valence-electron chi connectivity index (χ2n) is 10.7. The van der Waals surface area contributed by atoms with Crippen LogP contribution < -0.4 is 10.6 Å². The number of halogens is 1. The topological polar surface area (TPSA) is 61.4 Å². The lowest BCUT2D eigenvalue weighted by Crippen LogP contribution is -2.59. The Labute approximate surface area is 242 Å². The minimum Gasteiger partial charge on any atom is -0.353 e. The molecule has 5 rings (SSSR count). The third-order valence-corrected chi connectivity index (χ3v) is 8.64. The van der Waals surface area contributed by atoms with Gasteiger partial charge in [0.15, 0.2) is 0 Å². The molecule has 0 aromatic heterocycles. The normalized spacial score (nSPS) is 16.2. The molecular weight excluding hydrogens is 563 g/mol. The van der Waals surface area contributed by atoms with Crippen molar-refractivity contribution in [2.45, 2.75) is 35.4 Å². The summed E-state index contributed by atoms with van der Waals surface area (Å²) in [5, 5.41) is 6.79. The van der Waals surface area contributed by atoms with Gasteiger partial charge in [0.1, 0.15) is 5.41 Å². The molecule has 39 heavy (non-hydrogen) atoms. The number of fused-ring (bicyclic) bond motifs is 3. The molecule has 3 aromatic rings. The molecule has 0 spiro atoms. The highest BCUT2D eigenvalue weighted by atomic mass is 35.5. The third-order valence-electron chi connectivity index (χ3n) is 7.69. The van der Waals surface area contributed by atoms with Gasteiger partial charge in [-0.2, -0.15) is 0 Å². The van der Waals surface area contributed by atoms with Gasteiger partial charge >= 0.3 is 0 Å². The van der Waals surface area contributed by atoms with Crippen molar-refractivity contribution in [3.63, 3.8) is 0 Å². The molecule has 1 heterocycles. The molecule has 2 N–H and O–H groups in total. The lowest BCUT2D eigenvalue weighted by atomic mass is 9.73. The summed E-state index contributed by atoms with van der Waals surface area (Å²) in [6, 6.07) is 23.9. The minimum atomic E-state index is -0.709. The largest absolute Gasteiger partial charge is 0.353 e. The van der Waals surface area contributed by atoms with Crippen LogP contribution in [-0.4, -0.2) is 53.6 Å². The summed E-state index contributed by atoms with van der Waals surface area (Å²) in [5.41, 5.74) is 4.29. The summed E-state index contributed by atoms with van der Waals surface area (Å²) in [6.07, 6.45) is 2.63. The summed E-state index contributed by atoms with van der Waals surface area (Å²) in [5.74, 6) is -0.0647. The number of nitrogens with zero attached hydrogens (tertiary/aromatic N) is 1. The zero-order valence-corrected chi connectivity index (χ0v) is 26.0. The second kappa shape index (κ2) is 11.9. The second-order valence-corrected chi connectivity index (χ2v) is 16.3. The molecule has 2 aliphatic rings. The lowest BCUT2D eigenvalue weighted by molar-refractivity contribution is -0.125. The molecule has 3 aromatic carbocycles. The fourth-order valence-electron chi connectivity index (χ4n) is 5.81. The average molecular weight is 598 g/mol. The van der Waals surface area contributed by atoms with Crippen LogP contribution in [0.25, 0.3) is 11.1 Å². The molecule has 0 radical (unpaired) electrons. The third kappa shape index (κ3) is 6.09. The first-order chi connectivity index (χ1) is 18.7. The van der Waals surface area contributed by atoms with Crippen molar-refractivity contribution in [2.75, 3.05) is 26.2 Å². The van der Waals surface area contributed by atoms with Crippen molar-refractivity contribution in [1.29, 1.82) is 0 Å². The minimum absolute atomic E-state index is 0.0583. The van der Waals surface area contributed by atoms with E-state index >= 15 is 0 Å². The molecule has 204 valence electrons. The molecular formula is C30H35ClN3O2P3. The van der Waals surface area contributed by atoms with Crippen LogP contribution in [0.1, 0.15) is 40.7 Å². The predicted molar refractivity (Wildman–Crippen MR) is 171 cm³/mol. The van der Waals surface area contributed by atoms with Crippen molar-refractivity contribution in [2.24, 2.45) is 0 Å². The van der Waals surface area contributed by atoms with E-state index in [-0.39, 0.29) is 22.5 Å². The number of unbranched alkanes of at least 4 members (excludes halogenated alkanes) is 1. The van der Waals surface area contributed by atoms with Crippen LogP contribution in [0.15, 0.2) is 72.8 Å². The van der Waals surface area contributed by atoms with Crippen LogP contribution in [0.2, 0.25) is 5.02 Å². The molecule has 1 aliphatic carbocycles. The van der Waals surface area contributed by atoms with E-state index in [4.69, 9.17) is 11.6 Å². The van der Waals surface area contributed by atoms with Gasteiger partial charge in [-0.25, -0.2) is 0 Å². The highest BCUT2D eigenvalue weighted by Crippen LogP contribution is 2.51. The first-order valence-electron chi connectivity index (χ1n) is 13.3. The number of benzene rings is 3. The van der Waals surface area contributed by atoms with Gasteiger partial charge < -0.3 is 10.6 Å².